The molecule has 0 aliphatic carbocycles. The topological polar surface area (TPSA) is 33.3 Å². The summed E-state index contributed by atoms with van der Waals surface area (Å²) in [5.41, 5.74) is 1.25. The zero-order valence-electron chi connectivity index (χ0n) is 7.55. The Labute approximate surface area is 80.1 Å². The Hall–Kier alpha value is -1.52. The predicted molar refractivity (Wildman–Crippen MR) is 50.0 cm³/mol. The summed E-state index contributed by atoms with van der Waals surface area (Å²) < 4.78 is 29.8. The van der Waals surface area contributed by atoms with E-state index in [4.69, 9.17) is 4.74 Å². The second-order valence-corrected chi connectivity index (χ2v) is 2.98. The van der Waals surface area contributed by atoms with E-state index in [1.54, 1.807) is 18.2 Å². The molecule has 0 saturated carbocycles. The van der Waals surface area contributed by atoms with Gasteiger partial charge in [0, 0.05) is 0 Å². The van der Waals surface area contributed by atoms with Gasteiger partial charge in [-0.3, -0.25) is 0 Å². The number of nitrogens with one attached hydrogen (secondary N) is 2. The quantitative estimate of drug-likeness (QED) is 0.767. The van der Waals surface area contributed by atoms with Gasteiger partial charge in [-0.15, -0.1) is 0 Å². The van der Waals surface area contributed by atoms with Gasteiger partial charge in [0.25, 0.3) is 6.43 Å². The van der Waals surface area contributed by atoms with Crippen LogP contribution in [-0.4, -0.2) is 19.7 Å². The molecule has 3 nitrogen and oxygen atoms in total. The van der Waals surface area contributed by atoms with E-state index in [1.807, 2.05) is 0 Å². The van der Waals surface area contributed by atoms with Gasteiger partial charge in [-0.1, -0.05) is 6.07 Å². The molecule has 1 aromatic carbocycles. The van der Waals surface area contributed by atoms with Crippen molar-refractivity contribution in [3.63, 3.8) is 0 Å². The molecule has 1 atom stereocenters. The average molecular weight is 200 g/mol. The minimum absolute atomic E-state index is 0.568. The van der Waals surface area contributed by atoms with E-state index in [0.717, 1.165) is 0 Å². The van der Waals surface area contributed by atoms with Crippen LogP contribution < -0.4 is 15.4 Å². The predicted octanol–water partition coefficient (Wildman–Crippen LogP) is 2.12. The Morgan fingerprint density at radius 3 is 2.79 bits per heavy atom. The summed E-state index contributed by atoms with van der Waals surface area (Å²) in [7, 11) is 1.51. The number of ether oxygens (including phenoxy) is 1. The van der Waals surface area contributed by atoms with E-state index in [-0.39, 0.29) is 0 Å². The minimum atomic E-state index is -2.45. The van der Waals surface area contributed by atoms with Gasteiger partial charge in [0.2, 0.25) is 0 Å². The number of para-hydroxylation sites is 1. The van der Waals surface area contributed by atoms with Gasteiger partial charge in [-0.05, 0) is 12.1 Å². The highest BCUT2D eigenvalue weighted by Gasteiger charge is 2.28. The largest absolute Gasteiger partial charge is 0.495 e. The van der Waals surface area contributed by atoms with Crippen molar-refractivity contribution in [2.24, 2.45) is 0 Å². The fraction of sp³-hybridized carbons (Fsp3) is 0.333. The summed E-state index contributed by atoms with van der Waals surface area (Å²) in [6.45, 7) is 0. The number of hydrogen-bond donors (Lipinski definition) is 2. The van der Waals surface area contributed by atoms with Gasteiger partial charge in [-0.25, -0.2) is 8.78 Å². The lowest BCUT2D eigenvalue weighted by molar-refractivity contribution is 0.135. The monoisotopic (exact) mass is 200 g/mol. The molecule has 0 bridgehead atoms. The first-order valence-corrected chi connectivity index (χ1v) is 4.20. The Bertz CT molecular complexity index is 344. The third-order valence-corrected chi connectivity index (χ3v) is 2.11. The molecule has 76 valence electrons. The van der Waals surface area contributed by atoms with Gasteiger partial charge >= 0.3 is 0 Å². The lowest BCUT2D eigenvalue weighted by Gasteiger charge is -2.10. The molecular formula is C9H10F2N2O. The van der Waals surface area contributed by atoms with Crippen molar-refractivity contribution in [3.8, 4) is 5.75 Å². The number of halogens is 2. The van der Waals surface area contributed by atoms with Crippen LogP contribution in [0, 0.1) is 0 Å². The highest BCUT2D eigenvalue weighted by Crippen LogP contribution is 2.38. The van der Waals surface area contributed by atoms with Crippen LogP contribution in [0.2, 0.25) is 0 Å². The fourth-order valence-corrected chi connectivity index (χ4v) is 1.46. The third kappa shape index (κ3) is 1.34. The molecule has 1 aliphatic heterocycles. The summed E-state index contributed by atoms with van der Waals surface area (Å²) in [4.78, 5) is 0. The van der Waals surface area contributed by atoms with Crippen LogP contribution in [0.5, 0.6) is 5.75 Å². The normalized spacial score (nSPS) is 18.7. The smallest absolute Gasteiger partial charge is 0.276 e. The van der Waals surface area contributed by atoms with Gasteiger partial charge in [0.15, 0.2) is 6.17 Å². The molecule has 0 spiro atoms. The molecule has 14 heavy (non-hydrogen) atoms. The van der Waals surface area contributed by atoms with Crippen LogP contribution in [0.4, 0.5) is 20.2 Å². The SMILES string of the molecule is COc1cccc2c1NC(C(F)F)N2. The highest BCUT2D eigenvalue weighted by atomic mass is 19.3. The molecular weight excluding hydrogens is 190 g/mol. The summed E-state index contributed by atoms with van der Waals surface area (Å²) in [5, 5.41) is 5.33. The zero-order valence-corrected chi connectivity index (χ0v) is 7.55. The number of benzene rings is 1. The molecule has 2 rings (SSSR count). The number of hydrogen-bond acceptors (Lipinski definition) is 3. The van der Waals surface area contributed by atoms with E-state index >= 15 is 0 Å². The molecule has 2 N–H and O–H groups in total. The summed E-state index contributed by atoms with van der Waals surface area (Å²) in [6.07, 6.45) is -3.48. The van der Waals surface area contributed by atoms with E-state index in [2.05, 4.69) is 10.6 Å². The maximum atomic E-state index is 12.4. The van der Waals surface area contributed by atoms with Crippen molar-refractivity contribution in [1.29, 1.82) is 0 Å². The van der Waals surface area contributed by atoms with Crippen LogP contribution in [0.3, 0.4) is 0 Å². The van der Waals surface area contributed by atoms with Crippen molar-refractivity contribution in [2.45, 2.75) is 12.6 Å². The summed E-state index contributed by atoms with van der Waals surface area (Å²) in [6, 6.07) is 5.20. The maximum absolute atomic E-state index is 12.4. The van der Waals surface area contributed by atoms with Crippen LogP contribution in [0.15, 0.2) is 18.2 Å². The molecule has 0 amide bonds. The van der Waals surface area contributed by atoms with Gasteiger partial charge in [0.05, 0.1) is 12.8 Å². The van der Waals surface area contributed by atoms with Gasteiger partial charge in [0.1, 0.15) is 11.4 Å². The lowest BCUT2D eigenvalue weighted by atomic mass is 10.2. The van der Waals surface area contributed by atoms with Crippen molar-refractivity contribution in [3.05, 3.63) is 18.2 Å². The van der Waals surface area contributed by atoms with Crippen molar-refractivity contribution < 1.29 is 13.5 Å². The van der Waals surface area contributed by atoms with Crippen LogP contribution in [0.1, 0.15) is 0 Å². The van der Waals surface area contributed by atoms with Gasteiger partial charge < -0.3 is 15.4 Å². The first kappa shape index (κ1) is 9.05. The Balaban J connectivity index is 2.30. The molecule has 1 unspecified atom stereocenters. The molecule has 5 heteroatoms. The van der Waals surface area contributed by atoms with E-state index in [0.29, 0.717) is 17.1 Å². The second kappa shape index (κ2) is 3.32. The lowest BCUT2D eigenvalue weighted by Crippen LogP contribution is -2.30. The average Bonchev–Trinajstić information content (AvgIpc) is 2.60. The number of anilines is 2. The Morgan fingerprint density at radius 2 is 2.14 bits per heavy atom. The molecule has 0 fully saturated rings. The number of rotatable bonds is 2. The van der Waals surface area contributed by atoms with E-state index in [9.17, 15) is 8.78 Å². The van der Waals surface area contributed by atoms with Crippen LogP contribution in [0.25, 0.3) is 0 Å². The first-order chi connectivity index (χ1) is 6.72. The fourth-order valence-electron chi connectivity index (χ4n) is 1.46. The van der Waals surface area contributed by atoms with Crippen molar-refractivity contribution in [1.82, 2.24) is 0 Å². The van der Waals surface area contributed by atoms with Crippen LogP contribution in [-0.2, 0) is 0 Å². The highest BCUT2D eigenvalue weighted by molar-refractivity contribution is 5.80. The van der Waals surface area contributed by atoms with Crippen LogP contribution >= 0.6 is 0 Å². The maximum Gasteiger partial charge on any atom is 0.276 e. The summed E-state index contributed by atoms with van der Waals surface area (Å²) >= 11 is 0. The second-order valence-electron chi connectivity index (χ2n) is 2.98. The minimum Gasteiger partial charge on any atom is -0.495 e. The Kier molecular flexibility index (Phi) is 2.15. The first-order valence-electron chi connectivity index (χ1n) is 4.20. The number of alkyl halides is 2. The molecule has 1 aromatic rings. The Morgan fingerprint density at radius 1 is 1.36 bits per heavy atom. The number of methoxy groups -OCH3 is 1. The molecule has 0 radical (unpaired) electrons. The molecule has 0 aromatic heterocycles. The molecule has 0 saturated heterocycles. The number of fused-ring (bicyclic) bond motifs is 1. The summed E-state index contributed by atoms with van der Waals surface area (Å²) in [5.74, 6) is 0.568. The van der Waals surface area contributed by atoms with E-state index < -0.39 is 12.6 Å². The standard InChI is InChI=1S/C9H10F2N2O/c1-14-6-4-2-3-5-7(6)13-9(12-5)8(10)11/h2-4,8-9,12-13H,1H3. The van der Waals surface area contributed by atoms with Crippen molar-refractivity contribution in [2.75, 3.05) is 17.7 Å². The van der Waals surface area contributed by atoms with E-state index in [1.165, 1.54) is 7.11 Å². The molecule has 1 aliphatic rings. The zero-order chi connectivity index (χ0) is 10.1. The molecule has 1 heterocycles. The van der Waals surface area contributed by atoms with Crippen molar-refractivity contribution >= 4 is 11.4 Å². The van der Waals surface area contributed by atoms with Gasteiger partial charge in [-0.2, -0.15) is 0 Å². The third-order valence-electron chi connectivity index (χ3n) is 2.11.